The number of nitrogens with two attached hydrogens (primary N) is 1. The summed E-state index contributed by atoms with van der Waals surface area (Å²) in [6, 6.07) is 9.68. The molecule has 0 radical (unpaired) electrons. The molecule has 0 saturated carbocycles. The summed E-state index contributed by atoms with van der Waals surface area (Å²) in [6.07, 6.45) is 1.96. The highest BCUT2D eigenvalue weighted by Gasteiger charge is 2.29. The van der Waals surface area contributed by atoms with E-state index in [1.54, 1.807) is 12.1 Å². The molecule has 136 valence electrons. The first-order valence-electron chi connectivity index (χ1n) is 8.38. The fourth-order valence-corrected chi connectivity index (χ4v) is 3.17. The van der Waals surface area contributed by atoms with Crippen LogP contribution in [0.15, 0.2) is 34.7 Å². The number of hydrogen-bond donors (Lipinski definition) is 1. The number of carbonyl (C=O) groups is 1. The smallest absolute Gasteiger partial charge is 0.289 e. The number of furan rings is 1. The molecule has 25 heavy (non-hydrogen) atoms. The van der Waals surface area contributed by atoms with E-state index in [1.165, 1.54) is 5.56 Å². The average molecular weight is 365 g/mol. The maximum atomic E-state index is 12.5. The standard InChI is InChI=1S/C19H24N2O3.ClH/c1-13-5-7-17(14(2)10-13)23-12-16-6-8-18(24-16)19(22)21-9-3-4-15(21)11-20;/h5-8,10,15H,3-4,9,11-12,20H2,1-2H3;1H. The molecule has 1 aromatic heterocycles. The maximum absolute atomic E-state index is 12.5. The molecular formula is C19H25ClN2O3. The topological polar surface area (TPSA) is 68.7 Å². The van der Waals surface area contributed by atoms with Gasteiger partial charge in [0, 0.05) is 19.1 Å². The third kappa shape index (κ3) is 4.35. The van der Waals surface area contributed by atoms with Crippen LogP contribution in [0.2, 0.25) is 0 Å². The van der Waals surface area contributed by atoms with Gasteiger partial charge < -0.3 is 19.8 Å². The molecule has 1 saturated heterocycles. The number of aryl methyl sites for hydroxylation is 2. The Kier molecular flexibility index (Phi) is 6.51. The Morgan fingerprint density at radius 1 is 1.32 bits per heavy atom. The van der Waals surface area contributed by atoms with Crippen molar-refractivity contribution in [3.8, 4) is 5.75 Å². The van der Waals surface area contributed by atoms with E-state index < -0.39 is 0 Å². The van der Waals surface area contributed by atoms with Crippen molar-refractivity contribution in [3.05, 3.63) is 53.0 Å². The summed E-state index contributed by atoms with van der Waals surface area (Å²) in [6.45, 7) is 5.61. The Balaban J connectivity index is 0.00000225. The van der Waals surface area contributed by atoms with Gasteiger partial charge in [0.15, 0.2) is 5.76 Å². The summed E-state index contributed by atoms with van der Waals surface area (Å²) in [5.41, 5.74) is 8.02. The lowest BCUT2D eigenvalue weighted by atomic mass is 10.1. The molecule has 6 heteroatoms. The molecule has 1 fully saturated rings. The molecule has 2 heterocycles. The average Bonchev–Trinajstić information content (AvgIpc) is 3.22. The third-order valence-electron chi connectivity index (χ3n) is 4.48. The lowest BCUT2D eigenvalue weighted by molar-refractivity contribution is 0.0705. The molecule has 1 amide bonds. The number of rotatable bonds is 5. The van der Waals surface area contributed by atoms with Crippen molar-refractivity contribution in [2.45, 2.75) is 39.3 Å². The Morgan fingerprint density at radius 3 is 2.84 bits per heavy atom. The van der Waals surface area contributed by atoms with E-state index in [9.17, 15) is 4.79 Å². The van der Waals surface area contributed by atoms with Crippen LogP contribution in [0.25, 0.3) is 0 Å². The quantitative estimate of drug-likeness (QED) is 0.882. The van der Waals surface area contributed by atoms with Gasteiger partial charge in [0.1, 0.15) is 18.1 Å². The Labute approximate surface area is 154 Å². The number of likely N-dealkylation sites (tertiary alicyclic amines) is 1. The number of nitrogens with zero attached hydrogens (tertiary/aromatic N) is 1. The number of benzene rings is 1. The first-order valence-corrected chi connectivity index (χ1v) is 8.38. The fraction of sp³-hybridized carbons (Fsp3) is 0.421. The molecule has 5 nitrogen and oxygen atoms in total. The minimum Gasteiger partial charge on any atom is -0.485 e. The van der Waals surface area contributed by atoms with Crippen molar-refractivity contribution in [2.24, 2.45) is 5.73 Å². The zero-order valence-corrected chi connectivity index (χ0v) is 15.5. The first kappa shape index (κ1) is 19.3. The van der Waals surface area contributed by atoms with Crippen molar-refractivity contribution in [3.63, 3.8) is 0 Å². The van der Waals surface area contributed by atoms with E-state index in [-0.39, 0.29) is 24.4 Å². The molecule has 0 bridgehead atoms. The molecule has 1 aliphatic heterocycles. The largest absolute Gasteiger partial charge is 0.485 e. The molecule has 0 aliphatic carbocycles. The van der Waals surface area contributed by atoms with E-state index in [0.29, 0.717) is 24.7 Å². The van der Waals surface area contributed by atoms with E-state index in [1.807, 2.05) is 30.9 Å². The highest BCUT2D eigenvalue weighted by molar-refractivity contribution is 5.92. The normalized spacial score (nSPS) is 16.6. The van der Waals surface area contributed by atoms with Gasteiger partial charge in [-0.1, -0.05) is 17.7 Å². The van der Waals surface area contributed by atoms with E-state index >= 15 is 0 Å². The van der Waals surface area contributed by atoms with Crippen LogP contribution >= 0.6 is 12.4 Å². The van der Waals surface area contributed by atoms with Crippen LogP contribution < -0.4 is 10.5 Å². The molecule has 1 atom stereocenters. The second-order valence-electron chi connectivity index (χ2n) is 6.35. The summed E-state index contributed by atoms with van der Waals surface area (Å²) in [4.78, 5) is 14.3. The van der Waals surface area contributed by atoms with Gasteiger partial charge in [0.05, 0.1) is 0 Å². The molecule has 2 N–H and O–H groups in total. The summed E-state index contributed by atoms with van der Waals surface area (Å²) < 4.78 is 11.5. The van der Waals surface area contributed by atoms with Gasteiger partial charge in [-0.3, -0.25) is 4.79 Å². The molecule has 1 aromatic carbocycles. The van der Waals surface area contributed by atoms with Gasteiger partial charge in [-0.2, -0.15) is 0 Å². The minimum absolute atomic E-state index is 0. The van der Waals surface area contributed by atoms with Crippen LogP contribution in [0.4, 0.5) is 0 Å². The zero-order chi connectivity index (χ0) is 17.1. The summed E-state index contributed by atoms with van der Waals surface area (Å²) in [5.74, 6) is 1.74. The SMILES string of the molecule is Cc1ccc(OCc2ccc(C(=O)N3CCCC3CN)o2)c(C)c1.Cl. The lowest BCUT2D eigenvalue weighted by Gasteiger charge is -2.22. The molecular weight excluding hydrogens is 340 g/mol. The van der Waals surface area contributed by atoms with Gasteiger partial charge in [0.25, 0.3) is 5.91 Å². The summed E-state index contributed by atoms with van der Waals surface area (Å²) in [5, 5.41) is 0. The van der Waals surface area contributed by atoms with E-state index in [0.717, 1.165) is 30.7 Å². The van der Waals surface area contributed by atoms with Crippen LogP contribution in [-0.4, -0.2) is 29.9 Å². The van der Waals surface area contributed by atoms with E-state index in [4.69, 9.17) is 14.9 Å². The Hall–Kier alpha value is -1.98. The van der Waals surface area contributed by atoms with Crippen LogP contribution in [0.3, 0.4) is 0 Å². The van der Waals surface area contributed by atoms with Crippen molar-refractivity contribution < 1.29 is 13.9 Å². The number of amides is 1. The number of ether oxygens (including phenoxy) is 1. The maximum Gasteiger partial charge on any atom is 0.289 e. The highest BCUT2D eigenvalue weighted by Crippen LogP contribution is 2.23. The highest BCUT2D eigenvalue weighted by atomic mass is 35.5. The fourth-order valence-electron chi connectivity index (χ4n) is 3.17. The molecule has 1 aliphatic rings. The number of carbonyl (C=O) groups excluding carboxylic acids is 1. The Morgan fingerprint density at radius 2 is 2.12 bits per heavy atom. The van der Waals surface area contributed by atoms with Crippen LogP contribution in [0.1, 0.15) is 40.3 Å². The number of hydrogen-bond acceptors (Lipinski definition) is 4. The van der Waals surface area contributed by atoms with Crippen LogP contribution in [0, 0.1) is 13.8 Å². The second-order valence-corrected chi connectivity index (χ2v) is 6.35. The van der Waals surface area contributed by atoms with Crippen molar-refractivity contribution in [1.29, 1.82) is 0 Å². The van der Waals surface area contributed by atoms with Crippen molar-refractivity contribution >= 4 is 18.3 Å². The van der Waals surface area contributed by atoms with Crippen LogP contribution in [-0.2, 0) is 6.61 Å². The van der Waals surface area contributed by atoms with Crippen molar-refractivity contribution in [1.82, 2.24) is 4.90 Å². The predicted octanol–water partition coefficient (Wildman–Crippen LogP) is 3.46. The summed E-state index contributed by atoms with van der Waals surface area (Å²) in [7, 11) is 0. The molecule has 0 spiro atoms. The third-order valence-corrected chi connectivity index (χ3v) is 4.48. The van der Waals surface area contributed by atoms with Gasteiger partial charge >= 0.3 is 0 Å². The Bertz CT molecular complexity index is 729. The predicted molar refractivity (Wildman–Crippen MR) is 99.3 cm³/mol. The lowest BCUT2D eigenvalue weighted by Crippen LogP contribution is -2.39. The number of halogens is 1. The van der Waals surface area contributed by atoms with E-state index in [2.05, 4.69) is 6.07 Å². The monoisotopic (exact) mass is 364 g/mol. The van der Waals surface area contributed by atoms with Gasteiger partial charge in [-0.15, -0.1) is 12.4 Å². The zero-order valence-electron chi connectivity index (χ0n) is 14.7. The second kappa shape index (κ2) is 8.41. The first-order chi connectivity index (χ1) is 11.6. The minimum atomic E-state index is -0.0827. The van der Waals surface area contributed by atoms with Gasteiger partial charge in [-0.05, 0) is 50.5 Å². The van der Waals surface area contributed by atoms with Gasteiger partial charge in [-0.25, -0.2) is 0 Å². The molecule has 1 unspecified atom stereocenters. The van der Waals surface area contributed by atoms with Gasteiger partial charge in [0.2, 0.25) is 0 Å². The molecule has 2 aromatic rings. The summed E-state index contributed by atoms with van der Waals surface area (Å²) >= 11 is 0. The molecule has 3 rings (SSSR count). The van der Waals surface area contributed by atoms with Crippen molar-refractivity contribution in [2.75, 3.05) is 13.1 Å². The van der Waals surface area contributed by atoms with Crippen LogP contribution in [0.5, 0.6) is 5.75 Å².